The van der Waals surface area contributed by atoms with Gasteiger partial charge in [0.1, 0.15) is 11.3 Å². The number of ether oxygens (including phenoxy) is 1. The topological polar surface area (TPSA) is 112 Å². The zero-order valence-electron chi connectivity index (χ0n) is 18.6. The number of rotatable bonds is 10. The minimum Gasteiger partial charge on any atom is -0.384 e. The highest BCUT2D eigenvalue weighted by molar-refractivity contribution is 7.89. The van der Waals surface area contributed by atoms with Gasteiger partial charge in [0.2, 0.25) is 10.0 Å². The minimum atomic E-state index is -3.71. The average Bonchev–Trinajstić information content (AvgIpc) is 3.16. The van der Waals surface area contributed by atoms with Gasteiger partial charge in [0, 0.05) is 42.1 Å². The molecule has 0 saturated heterocycles. The van der Waals surface area contributed by atoms with Crippen LogP contribution in [0.25, 0.3) is 21.9 Å². The molecular formula is C23H25Cl2N5O3S. The number of hydrogen-bond acceptors (Lipinski definition) is 6. The number of fused-ring (bicyclic) bond motifs is 3. The molecule has 4 rings (SSSR count). The number of methoxy groups -OCH3 is 1. The summed E-state index contributed by atoms with van der Waals surface area (Å²) in [5.41, 5.74) is 8.63. The van der Waals surface area contributed by atoms with Crippen LogP contribution in [0.2, 0.25) is 10.0 Å². The van der Waals surface area contributed by atoms with Crippen molar-refractivity contribution in [1.29, 1.82) is 0 Å². The molecule has 0 aliphatic rings. The Hall–Kier alpha value is -2.43. The fraction of sp³-hybridized carbons (Fsp3) is 0.304. The fourth-order valence-electron chi connectivity index (χ4n) is 3.90. The van der Waals surface area contributed by atoms with Crippen molar-refractivity contribution in [3.63, 3.8) is 0 Å². The largest absolute Gasteiger partial charge is 0.384 e. The van der Waals surface area contributed by atoms with Gasteiger partial charge in [-0.25, -0.2) is 23.1 Å². The molecule has 2 heterocycles. The summed E-state index contributed by atoms with van der Waals surface area (Å²) in [7, 11) is -2.06. The predicted molar refractivity (Wildman–Crippen MR) is 136 cm³/mol. The molecule has 11 heteroatoms. The maximum atomic E-state index is 12.6. The first-order valence-electron chi connectivity index (χ1n) is 10.8. The summed E-state index contributed by atoms with van der Waals surface area (Å²) < 4.78 is 35.2. The van der Waals surface area contributed by atoms with Crippen LogP contribution in [0.3, 0.4) is 0 Å². The third-order valence-electron chi connectivity index (χ3n) is 5.47. The number of benzene rings is 2. The van der Waals surface area contributed by atoms with Crippen LogP contribution in [0.4, 0.5) is 5.82 Å². The number of aromatic nitrogens is 3. The third kappa shape index (κ3) is 5.29. The number of nitrogens with zero attached hydrogens (tertiary/aromatic N) is 3. The summed E-state index contributed by atoms with van der Waals surface area (Å²) in [6.45, 7) is 1.45. The van der Waals surface area contributed by atoms with E-state index in [1.165, 1.54) is 18.2 Å². The second-order valence-corrected chi connectivity index (χ2v) is 10.5. The number of sulfonamides is 1. The van der Waals surface area contributed by atoms with Crippen molar-refractivity contribution < 1.29 is 13.2 Å². The van der Waals surface area contributed by atoms with Gasteiger partial charge < -0.3 is 15.0 Å². The molecule has 0 spiro atoms. The Kier molecular flexibility index (Phi) is 7.59. The quantitative estimate of drug-likeness (QED) is 0.298. The van der Waals surface area contributed by atoms with Gasteiger partial charge in [-0.3, -0.25) is 0 Å². The molecule has 0 saturated carbocycles. The average molecular weight is 522 g/mol. The number of nitrogens with two attached hydrogens (primary N) is 1. The van der Waals surface area contributed by atoms with Crippen LogP contribution >= 0.6 is 23.2 Å². The molecule has 34 heavy (non-hydrogen) atoms. The van der Waals surface area contributed by atoms with E-state index in [9.17, 15) is 8.42 Å². The Balaban J connectivity index is 1.51. The second-order valence-electron chi connectivity index (χ2n) is 7.84. The molecule has 0 atom stereocenters. The summed E-state index contributed by atoms with van der Waals surface area (Å²) >= 11 is 11.9. The van der Waals surface area contributed by atoms with Gasteiger partial charge in [-0.05, 0) is 37.1 Å². The lowest BCUT2D eigenvalue weighted by Crippen LogP contribution is -2.25. The van der Waals surface area contributed by atoms with E-state index in [2.05, 4.69) is 14.3 Å². The number of halogens is 2. The van der Waals surface area contributed by atoms with Gasteiger partial charge >= 0.3 is 0 Å². The lowest BCUT2D eigenvalue weighted by Gasteiger charge is -2.12. The summed E-state index contributed by atoms with van der Waals surface area (Å²) in [5, 5.41) is 1.51. The van der Waals surface area contributed by atoms with E-state index in [1.54, 1.807) is 7.11 Å². The van der Waals surface area contributed by atoms with E-state index < -0.39 is 10.0 Å². The van der Waals surface area contributed by atoms with Crippen molar-refractivity contribution in [2.24, 2.45) is 0 Å². The molecule has 2 aromatic carbocycles. The molecule has 0 amide bonds. The molecule has 0 bridgehead atoms. The van der Waals surface area contributed by atoms with Crippen LogP contribution in [0.1, 0.15) is 18.7 Å². The zero-order valence-corrected chi connectivity index (χ0v) is 20.9. The van der Waals surface area contributed by atoms with Gasteiger partial charge in [-0.2, -0.15) is 0 Å². The number of aryl methyl sites for hydroxylation is 1. The normalized spacial score (nSPS) is 12.1. The molecule has 0 aliphatic carbocycles. The summed E-state index contributed by atoms with van der Waals surface area (Å²) in [4.78, 5) is 9.29. The number of imidazole rings is 1. The van der Waals surface area contributed by atoms with Gasteiger partial charge in [-0.15, -0.1) is 0 Å². The molecule has 8 nitrogen and oxygen atoms in total. The zero-order chi connectivity index (χ0) is 24.3. The fourth-order valence-corrected chi connectivity index (χ4v) is 5.70. The van der Waals surface area contributed by atoms with E-state index in [0.717, 1.165) is 28.7 Å². The first-order valence-corrected chi connectivity index (χ1v) is 13.0. The van der Waals surface area contributed by atoms with Crippen molar-refractivity contribution in [3.8, 4) is 0 Å². The van der Waals surface area contributed by atoms with Crippen LogP contribution in [0.15, 0.2) is 47.4 Å². The molecule has 2 aromatic heterocycles. The SMILES string of the molecule is COCCc1nc2c(N)nc3ccccc3c2n1CCCCNS(=O)(=O)c1cc(Cl)cc(Cl)c1. The van der Waals surface area contributed by atoms with Gasteiger partial charge in [0.25, 0.3) is 0 Å². The molecule has 4 aromatic rings. The highest BCUT2D eigenvalue weighted by Gasteiger charge is 2.18. The van der Waals surface area contributed by atoms with E-state index in [4.69, 9.17) is 38.7 Å². The number of nitrogens with one attached hydrogen (secondary N) is 1. The predicted octanol–water partition coefficient (Wildman–Crippen LogP) is 4.42. The molecule has 0 aliphatic heterocycles. The lowest BCUT2D eigenvalue weighted by molar-refractivity contribution is 0.199. The first-order chi connectivity index (χ1) is 16.3. The highest BCUT2D eigenvalue weighted by Crippen LogP contribution is 2.29. The number of anilines is 1. The number of para-hydroxylation sites is 1. The van der Waals surface area contributed by atoms with Crippen molar-refractivity contribution in [3.05, 3.63) is 58.3 Å². The van der Waals surface area contributed by atoms with Crippen LogP contribution < -0.4 is 10.5 Å². The van der Waals surface area contributed by atoms with Crippen molar-refractivity contribution in [2.75, 3.05) is 26.0 Å². The Bertz CT molecular complexity index is 1420. The molecule has 0 radical (unpaired) electrons. The van der Waals surface area contributed by atoms with E-state index in [0.29, 0.717) is 37.3 Å². The van der Waals surface area contributed by atoms with Crippen molar-refractivity contribution in [1.82, 2.24) is 19.3 Å². The number of nitrogen functional groups attached to an aromatic ring is 1. The Morgan fingerprint density at radius 3 is 2.56 bits per heavy atom. The molecule has 0 fully saturated rings. The Morgan fingerprint density at radius 2 is 1.82 bits per heavy atom. The first kappa shape index (κ1) is 24.7. The number of unbranched alkanes of at least 4 members (excludes halogenated alkanes) is 1. The van der Waals surface area contributed by atoms with Crippen molar-refractivity contribution in [2.45, 2.75) is 30.7 Å². The summed E-state index contributed by atoms with van der Waals surface area (Å²) in [5.74, 6) is 1.25. The maximum absolute atomic E-state index is 12.6. The van der Waals surface area contributed by atoms with Crippen molar-refractivity contribution >= 4 is 61.0 Å². The van der Waals surface area contributed by atoms with Crippen LogP contribution in [0.5, 0.6) is 0 Å². The monoisotopic (exact) mass is 521 g/mol. The minimum absolute atomic E-state index is 0.0434. The highest BCUT2D eigenvalue weighted by atomic mass is 35.5. The van der Waals surface area contributed by atoms with Gasteiger partial charge in [0.15, 0.2) is 5.82 Å². The van der Waals surface area contributed by atoms with E-state index >= 15 is 0 Å². The Morgan fingerprint density at radius 1 is 1.09 bits per heavy atom. The van der Waals surface area contributed by atoms with E-state index in [-0.39, 0.29) is 21.5 Å². The maximum Gasteiger partial charge on any atom is 0.240 e. The van der Waals surface area contributed by atoms with Gasteiger partial charge in [-0.1, -0.05) is 41.4 Å². The molecule has 0 unspecified atom stereocenters. The standard InChI is InChI=1S/C23H25Cl2N5O3S/c1-33-11-8-20-29-21-22(18-6-2-3-7-19(18)28-23(21)26)30(20)10-5-4-9-27-34(31,32)17-13-15(24)12-16(25)14-17/h2-3,6-7,12-14,27H,4-5,8-11H2,1H3,(H2,26,28). The smallest absolute Gasteiger partial charge is 0.240 e. The summed E-state index contributed by atoms with van der Waals surface area (Å²) in [6.07, 6.45) is 1.97. The number of pyridine rings is 1. The van der Waals surface area contributed by atoms with Crippen LogP contribution in [-0.4, -0.2) is 43.2 Å². The van der Waals surface area contributed by atoms with Gasteiger partial charge in [0.05, 0.1) is 22.5 Å². The van der Waals surface area contributed by atoms with Crippen LogP contribution in [0, 0.1) is 0 Å². The lowest BCUT2D eigenvalue weighted by atomic mass is 10.2. The van der Waals surface area contributed by atoms with Crippen LogP contribution in [-0.2, 0) is 27.7 Å². The van der Waals surface area contributed by atoms with E-state index in [1.807, 2.05) is 24.3 Å². The molecular weight excluding hydrogens is 497 g/mol. The third-order valence-corrected chi connectivity index (χ3v) is 7.34. The number of hydrogen-bond donors (Lipinski definition) is 2. The second kappa shape index (κ2) is 10.5. The summed E-state index contributed by atoms with van der Waals surface area (Å²) in [6, 6.07) is 12.1. The molecule has 3 N–H and O–H groups in total. The molecule has 180 valence electrons. The Labute approximate surface area is 208 Å².